The first-order valence-corrected chi connectivity index (χ1v) is 24.4. The Kier molecular flexibility index (Phi) is 8.24. The molecular formula is C68H44N2. The molecule has 2 heterocycles. The van der Waals surface area contributed by atoms with E-state index in [1.54, 1.807) is 0 Å². The van der Waals surface area contributed by atoms with Gasteiger partial charge in [0.15, 0.2) is 0 Å². The molecule has 13 aromatic rings. The predicted octanol–water partition coefficient (Wildman–Crippen LogP) is 18.8. The molecule has 2 aliphatic heterocycles. The van der Waals surface area contributed by atoms with Crippen molar-refractivity contribution in [2.45, 2.75) is 0 Å². The fourth-order valence-corrected chi connectivity index (χ4v) is 12.6. The van der Waals surface area contributed by atoms with Crippen LogP contribution in [0.15, 0.2) is 231 Å². The highest BCUT2D eigenvalue weighted by atomic mass is 15.1. The Labute approximate surface area is 406 Å². The standard InChI is InChI=1S/C68H44N2/c1-69-59-36-37-60-68-58(35-34-57(67(59)68)47-32-30-45(39-61(47)69)65-51-22-10-8-20-49(51)63(42-17-4-3-5-18-42)50-21-9-11-23-52(50)65)48-33-31-46(40-62(48)70(60)2)66-55-26-14-12-24-53(55)64(54-25-13-15-27-56(54)66)44-29-28-41-16-6-7-19-43(41)38-44/h3-40H,1-2H3. The first-order valence-electron chi connectivity index (χ1n) is 24.4. The summed E-state index contributed by atoms with van der Waals surface area (Å²) in [5.74, 6) is 0. The molecule has 70 heavy (non-hydrogen) atoms. The molecule has 0 bridgehead atoms. The summed E-state index contributed by atoms with van der Waals surface area (Å²) in [5, 5.41) is 15.3. The van der Waals surface area contributed by atoms with Gasteiger partial charge in [-0.3, -0.25) is 0 Å². The number of hydrogen-bond donors (Lipinski definition) is 0. The van der Waals surface area contributed by atoms with Crippen LogP contribution in [0.25, 0.3) is 131 Å². The number of benzene rings is 13. The molecule has 2 aliphatic rings. The summed E-state index contributed by atoms with van der Waals surface area (Å²) in [6, 6.07) is 86.1. The minimum Gasteiger partial charge on any atom is -0.344 e. The molecule has 15 rings (SSSR count). The highest BCUT2D eigenvalue weighted by Gasteiger charge is 2.31. The van der Waals surface area contributed by atoms with Gasteiger partial charge in [0, 0.05) is 58.7 Å². The fraction of sp³-hybridized carbons (Fsp3) is 0.0294. The van der Waals surface area contributed by atoms with Gasteiger partial charge < -0.3 is 9.80 Å². The molecule has 0 atom stereocenters. The molecule has 0 spiro atoms. The maximum atomic E-state index is 2.43. The lowest BCUT2D eigenvalue weighted by Gasteiger charge is -2.36. The monoisotopic (exact) mass is 888 g/mol. The average molecular weight is 889 g/mol. The van der Waals surface area contributed by atoms with Crippen molar-refractivity contribution in [3.63, 3.8) is 0 Å². The lowest BCUT2D eigenvalue weighted by molar-refractivity contribution is 1.19. The number of fused-ring (bicyclic) bond motifs is 9. The molecule has 0 radical (unpaired) electrons. The van der Waals surface area contributed by atoms with Crippen LogP contribution in [0.3, 0.4) is 0 Å². The third-order valence-electron chi connectivity index (χ3n) is 15.7. The van der Waals surface area contributed by atoms with Crippen molar-refractivity contribution in [3.05, 3.63) is 231 Å². The Morgan fingerprint density at radius 2 is 0.557 bits per heavy atom. The Morgan fingerprint density at radius 3 is 0.986 bits per heavy atom. The zero-order valence-electron chi connectivity index (χ0n) is 38.8. The van der Waals surface area contributed by atoms with Crippen LogP contribution in [0.2, 0.25) is 0 Å². The van der Waals surface area contributed by atoms with Gasteiger partial charge in [0.2, 0.25) is 0 Å². The lowest BCUT2D eigenvalue weighted by Crippen LogP contribution is -2.19. The van der Waals surface area contributed by atoms with Crippen molar-refractivity contribution >= 4 is 87.4 Å². The fourth-order valence-electron chi connectivity index (χ4n) is 12.6. The first-order chi connectivity index (χ1) is 34.6. The average Bonchev–Trinajstić information content (AvgIpc) is 3.42. The normalized spacial score (nSPS) is 12.7. The van der Waals surface area contributed by atoms with E-state index in [2.05, 4.69) is 254 Å². The van der Waals surface area contributed by atoms with Crippen molar-refractivity contribution < 1.29 is 0 Å². The maximum absolute atomic E-state index is 2.43. The Balaban J connectivity index is 0.879. The third kappa shape index (κ3) is 5.44. The van der Waals surface area contributed by atoms with Crippen molar-refractivity contribution in [1.82, 2.24) is 0 Å². The van der Waals surface area contributed by atoms with Crippen LogP contribution in [-0.4, -0.2) is 14.1 Å². The summed E-state index contributed by atoms with van der Waals surface area (Å²) < 4.78 is 0. The van der Waals surface area contributed by atoms with E-state index in [1.165, 1.54) is 154 Å². The zero-order chi connectivity index (χ0) is 46.2. The lowest BCUT2D eigenvalue weighted by atomic mass is 9.82. The SMILES string of the molecule is CN1c2cc(-c3c4ccccc4c(-c4ccccc4)c4ccccc34)ccc2-c2ccc3c4c(ccc1c24)N(C)c1cc(-c2c4ccccc4c(-c4ccc5ccccc5c4)c4ccccc24)ccc1-3. The van der Waals surface area contributed by atoms with Gasteiger partial charge in [-0.2, -0.15) is 0 Å². The van der Waals surface area contributed by atoms with E-state index in [0.29, 0.717) is 0 Å². The van der Waals surface area contributed by atoms with Crippen molar-refractivity contribution in [2.24, 2.45) is 0 Å². The second kappa shape index (κ2) is 14.8. The van der Waals surface area contributed by atoms with Crippen LogP contribution in [0.4, 0.5) is 22.7 Å². The number of rotatable bonds is 4. The maximum Gasteiger partial charge on any atom is 0.0496 e. The number of anilines is 4. The van der Waals surface area contributed by atoms with Crippen LogP contribution in [0, 0.1) is 0 Å². The van der Waals surface area contributed by atoms with Gasteiger partial charge in [0.1, 0.15) is 0 Å². The summed E-state index contributed by atoms with van der Waals surface area (Å²) in [6.45, 7) is 0. The van der Waals surface area contributed by atoms with Crippen LogP contribution < -0.4 is 9.80 Å². The molecule has 0 aliphatic carbocycles. The zero-order valence-corrected chi connectivity index (χ0v) is 38.8. The van der Waals surface area contributed by atoms with Crippen LogP contribution in [0.1, 0.15) is 0 Å². The Morgan fingerprint density at radius 1 is 0.229 bits per heavy atom. The van der Waals surface area contributed by atoms with Crippen molar-refractivity contribution in [2.75, 3.05) is 23.9 Å². The largest absolute Gasteiger partial charge is 0.344 e. The second-order valence-electron chi connectivity index (χ2n) is 19.2. The van der Waals surface area contributed by atoms with Gasteiger partial charge in [-0.25, -0.2) is 0 Å². The highest BCUT2D eigenvalue weighted by molar-refractivity contribution is 6.26. The molecule has 0 amide bonds. The van der Waals surface area contributed by atoms with Gasteiger partial charge in [-0.1, -0.05) is 200 Å². The Bertz CT molecular complexity index is 4280. The van der Waals surface area contributed by atoms with Crippen LogP contribution >= 0.6 is 0 Å². The molecule has 13 aromatic carbocycles. The van der Waals surface area contributed by atoms with Gasteiger partial charge in [-0.15, -0.1) is 0 Å². The van der Waals surface area contributed by atoms with E-state index in [1.807, 2.05) is 0 Å². The molecule has 2 nitrogen and oxygen atoms in total. The van der Waals surface area contributed by atoms with Crippen LogP contribution in [-0.2, 0) is 0 Å². The molecule has 0 N–H and O–H groups in total. The van der Waals surface area contributed by atoms with E-state index in [4.69, 9.17) is 0 Å². The summed E-state index contributed by atoms with van der Waals surface area (Å²) in [4.78, 5) is 4.85. The summed E-state index contributed by atoms with van der Waals surface area (Å²) in [7, 11) is 4.50. The van der Waals surface area contributed by atoms with Gasteiger partial charge in [0.05, 0.1) is 0 Å². The summed E-state index contributed by atoms with van der Waals surface area (Å²) >= 11 is 0. The third-order valence-corrected chi connectivity index (χ3v) is 15.7. The first kappa shape index (κ1) is 39.1. The molecule has 2 heteroatoms. The van der Waals surface area contributed by atoms with Crippen LogP contribution in [0.5, 0.6) is 0 Å². The smallest absolute Gasteiger partial charge is 0.0496 e. The topological polar surface area (TPSA) is 6.48 Å². The molecular weight excluding hydrogens is 845 g/mol. The predicted molar refractivity (Wildman–Crippen MR) is 300 cm³/mol. The minimum absolute atomic E-state index is 1.21. The summed E-state index contributed by atoms with van der Waals surface area (Å²) in [6.07, 6.45) is 0. The van der Waals surface area contributed by atoms with Gasteiger partial charge in [0.25, 0.3) is 0 Å². The van der Waals surface area contributed by atoms with E-state index in [9.17, 15) is 0 Å². The molecule has 0 aromatic heterocycles. The van der Waals surface area contributed by atoms with Crippen molar-refractivity contribution in [1.29, 1.82) is 0 Å². The number of hydrogen-bond acceptors (Lipinski definition) is 2. The molecule has 0 saturated heterocycles. The Hall–Kier alpha value is -8.98. The van der Waals surface area contributed by atoms with E-state index >= 15 is 0 Å². The van der Waals surface area contributed by atoms with Gasteiger partial charge in [-0.05, 0) is 140 Å². The molecule has 0 saturated carbocycles. The van der Waals surface area contributed by atoms with E-state index < -0.39 is 0 Å². The molecule has 326 valence electrons. The summed E-state index contributed by atoms with van der Waals surface area (Å²) in [5.41, 5.74) is 20.0. The highest BCUT2D eigenvalue weighted by Crippen LogP contribution is 2.57. The van der Waals surface area contributed by atoms with Gasteiger partial charge >= 0.3 is 0 Å². The molecule has 0 fully saturated rings. The minimum atomic E-state index is 1.21. The van der Waals surface area contributed by atoms with E-state index in [-0.39, 0.29) is 0 Å². The van der Waals surface area contributed by atoms with Crippen molar-refractivity contribution in [3.8, 4) is 66.8 Å². The number of nitrogens with zero attached hydrogens (tertiary/aromatic N) is 2. The quantitative estimate of drug-likeness (QED) is 0.162. The van der Waals surface area contributed by atoms with E-state index in [0.717, 1.165) is 0 Å². The molecule has 0 unspecified atom stereocenters. The second-order valence-corrected chi connectivity index (χ2v) is 19.2.